The van der Waals surface area contributed by atoms with Crippen molar-refractivity contribution in [1.29, 1.82) is 0 Å². The summed E-state index contributed by atoms with van der Waals surface area (Å²) in [4.78, 5) is 26.7. The van der Waals surface area contributed by atoms with Crippen molar-refractivity contribution in [2.45, 2.75) is 33.0 Å². The summed E-state index contributed by atoms with van der Waals surface area (Å²) in [6.07, 6.45) is -4.62. The molecule has 0 spiro atoms. The lowest BCUT2D eigenvalue weighted by molar-refractivity contribution is -0.138. The number of anilines is 1. The fourth-order valence-electron chi connectivity index (χ4n) is 4.23. The van der Waals surface area contributed by atoms with E-state index < -0.39 is 23.6 Å². The fraction of sp³-hybridized carbons (Fsp3) is 0.320. The van der Waals surface area contributed by atoms with Gasteiger partial charge < -0.3 is 15.0 Å². The van der Waals surface area contributed by atoms with Crippen molar-refractivity contribution in [3.8, 4) is 11.4 Å². The molecule has 2 amide bonds. The van der Waals surface area contributed by atoms with E-state index in [9.17, 15) is 22.8 Å². The Balaban J connectivity index is 1.47. The van der Waals surface area contributed by atoms with Crippen molar-refractivity contribution in [3.05, 3.63) is 71.0 Å². The number of nitrogens with zero attached hydrogens (tertiary/aromatic N) is 3. The molecule has 3 aromatic rings. The lowest BCUT2D eigenvalue weighted by Gasteiger charge is -2.18. The van der Waals surface area contributed by atoms with Crippen molar-refractivity contribution in [3.63, 3.8) is 0 Å². The molecule has 1 aromatic heterocycles. The highest BCUT2D eigenvalue weighted by Crippen LogP contribution is 2.34. The Morgan fingerprint density at radius 2 is 1.80 bits per heavy atom. The van der Waals surface area contributed by atoms with Crippen LogP contribution in [0.3, 0.4) is 0 Å². The van der Waals surface area contributed by atoms with Gasteiger partial charge in [0.05, 0.1) is 30.0 Å². The summed E-state index contributed by atoms with van der Waals surface area (Å²) >= 11 is 0. The van der Waals surface area contributed by atoms with Gasteiger partial charge in [0.25, 0.3) is 0 Å². The number of hydrogen-bond acceptors (Lipinski definition) is 4. The zero-order valence-corrected chi connectivity index (χ0v) is 19.5. The van der Waals surface area contributed by atoms with E-state index in [2.05, 4.69) is 10.4 Å². The third-order valence-corrected chi connectivity index (χ3v) is 5.99. The van der Waals surface area contributed by atoms with Gasteiger partial charge in [0, 0.05) is 30.9 Å². The molecule has 10 heteroatoms. The average molecular weight is 486 g/mol. The number of benzene rings is 2. The van der Waals surface area contributed by atoms with E-state index in [0.717, 1.165) is 6.07 Å². The Morgan fingerprint density at radius 3 is 2.40 bits per heavy atom. The molecular weight excluding hydrogens is 461 g/mol. The number of rotatable bonds is 6. The van der Waals surface area contributed by atoms with Crippen LogP contribution in [0.5, 0.6) is 5.75 Å². The number of hydrogen-bond donors (Lipinski definition) is 1. The van der Waals surface area contributed by atoms with Gasteiger partial charge in [-0.3, -0.25) is 9.59 Å². The Labute approximate surface area is 200 Å². The molecular formula is C25H25F3N4O3. The molecule has 0 saturated carbocycles. The first-order valence-electron chi connectivity index (χ1n) is 11.0. The summed E-state index contributed by atoms with van der Waals surface area (Å²) in [5, 5.41) is 6.82. The second-order valence-electron chi connectivity index (χ2n) is 8.50. The van der Waals surface area contributed by atoms with E-state index >= 15 is 0 Å². The van der Waals surface area contributed by atoms with Gasteiger partial charge in [0.2, 0.25) is 11.8 Å². The first-order valence-corrected chi connectivity index (χ1v) is 11.0. The van der Waals surface area contributed by atoms with Gasteiger partial charge in [-0.2, -0.15) is 18.3 Å². The van der Waals surface area contributed by atoms with Gasteiger partial charge in [-0.15, -0.1) is 0 Å². The second-order valence-corrected chi connectivity index (χ2v) is 8.50. The number of aryl methyl sites for hydroxylation is 2. The molecule has 0 radical (unpaired) electrons. The Kier molecular flexibility index (Phi) is 6.56. The molecule has 1 aliphatic rings. The number of carbonyl (C=O) groups excluding carboxylic acids is 2. The number of carbonyl (C=O) groups is 2. The molecule has 0 aliphatic carbocycles. The number of nitrogens with one attached hydrogen (secondary N) is 1. The number of amides is 2. The van der Waals surface area contributed by atoms with Gasteiger partial charge in [-0.1, -0.05) is 6.07 Å². The second kappa shape index (κ2) is 9.44. The van der Waals surface area contributed by atoms with E-state index in [1.54, 1.807) is 50.2 Å². The summed E-state index contributed by atoms with van der Waals surface area (Å²) in [6, 6.07) is 12.6. The number of alkyl halides is 3. The number of halogens is 3. The summed E-state index contributed by atoms with van der Waals surface area (Å²) in [6.45, 7) is 3.37. The first kappa shape index (κ1) is 24.3. The maximum absolute atomic E-state index is 13.8. The molecule has 1 unspecified atom stereocenters. The number of methoxy groups -OCH3 is 1. The van der Waals surface area contributed by atoms with Crippen LogP contribution in [0.1, 0.15) is 28.9 Å². The van der Waals surface area contributed by atoms with Gasteiger partial charge in [-0.05, 0) is 61.9 Å². The zero-order chi connectivity index (χ0) is 25.3. The molecule has 7 nitrogen and oxygen atoms in total. The lowest BCUT2D eigenvalue weighted by Crippen LogP contribution is -2.33. The molecule has 2 aromatic carbocycles. The van der Waals surface area contributed by atoms with Crippen LogP contribution in [0.2, 0.25) is 0 Å². The van der Waals surface area contributed by atoms with Crippen molar-refractivity contribution in [2.24, 2.45) is 5.92 Å². The number of ether oxygens (including phenoxy) is 1. The molecule has 184 valence electrons. The normalized spacial score (nSPS) is 16.0. The summed E-state index contributed by atoms with van der Waals surface area (Å²) in [5.74, 6) is -0.711. The van der Waals surface area contributed by atoms with E-state index in [0.29, 0.717) is 22.8 Å². The van der Waals surface area contributed by atoms with Crippen LogP contribution >= 0.6 is 0 Å². The highest BCUT2D eigenvalue weighted by Gasteiger charge is 2.36. The van der Waals surface area contributed by atoms with E-state index in [-0.39, 0.29) is 36.7 Å². The third kappa shape index (κ3) is 5.16. The van der Waals surface area contributed by atoms with Crippen molar-refractivity contribution in [1.82, 2.24) is 15.1 Å². The van der Waals surface area contributed by atoms with Crippen LogP contribution in [-0.4, -0.2) is 35.2 Å². The van der Waals surface area contributed by atoms with Gasteiger partial charge >= 0.3 is 6.18 Å². The van der Waals surface area contributed by atoms with Gasteiger partial charge in [0.15, 0.2) is 0 Å². The summed E-state index contributed by atoms with van der Waals surface area (Å²) in [7, 11) is 1.54. The minimum Gasteiger partial charge on any atom is -0.497 e. The van der Waals surface area contributed by atoms with Crippen molar-refractivity contribution >= 4 is 17.5 Å². The van der Waals surface area contributed by atoms with E-state index in [1.807, 2.05) is 0 Å². The minimum atomic E-state index is -4.61. The van der Waals surface area contributed by atoms with E-state index in [4.69, 9.17) is 4.74 Å². The molecule has 2 heterocycles. The molecule has 0 bridgehead atoms. The minimum absolute atomic E-state index is 0.0130. The monoisotopic (exact) mass is 486 g/mol. The van der Waals surface area contributed by atoms with Gasteiger partial charge in [0.1, 0.15) is 5.75 Å². The van der Waals surface area contributed by atoms with E-state index in [1.165, 1.54) is 22.8 Å². The van der Waals surface area contributed by atoms with Crippen LogP contribution in [0, 0.1) is 19.8 Å². The topological polar surface area (TPSA) is 76.5 Å². The Bertz CT molecular complexity index is 1250. The quantitative estimate of drug-likeness (QED) is 0.567. The maximum Gasteiger partial charge on any atom is 0.416 e. The lowest BCUT2D eigenvalue weighted by atomic mass is 10.0. The molecule has 1 saturated heterocycles. The van der Waals surface area contributed by atoms with Crippen molar-refractivity contribution in [2.75, 3.05) is 18.6 Å². The van der Waals surface area contributed by atoms with Crippen molar-refractivity contribution < 1.29 is 27.5 Å². The summed E-state index contributed by atoms with van der Waals surface area (Å²) in [5.41, 5.74) is 1.42. The predicted molar refractivity (Wildman–Crippen MR) is 123 cm³/mol. The number of aromatic nitrogens is 2. The highest BCUT2D eigenvalue weighted by molar-refractivity contribution is 6.00. The largest absolute Gasteiger partial charge is 0.497 e. The molecule has 4 rings (SSSR count). The SMILES string of the molecule is COc1ccc(N2CC(C(=O)NCc3ccc(-n4nc(C)cc4C)cc3C(F)(F)F)CC2=O)cc1. The zero-order valence-electron chi connectivity index (χ0n) is 19.5. The maximum atomic E-state index is 13.8. The molecule has 35 heavy (non-hydrogen) atoms. The van der Waals surface area contributed by atoms with Crippen LogP contribution in [-0.2, 0) is 22.3 Å². The van der Waals surface area contributed by atoms with Gasteiger partial charge in [-0.25, -0.2) is 4.68 Å². The van der Waals surface area contributed by atoms with Crippen LogP contribution in [0.15, 0.2) is 48.5 Å². The highest BCUT2D eigenvalue weighted by atomic mass is 19.4. The Morgan fingerprint density at radius 1 is 1.11 bits per heavy atom. The molecule has 1 fully saturated rings. The molecule has 1 N–H and O–H groups in total. The Hall–Kier alpha value is -3.82. The van der Waals surface area contributed by atoms with Crippen LogP contribution < -0.4 is 15.0 Å². The average Bonchev–Trinajstić information content (AvgIpc) is 3.38. The third-order valence-electron chi connectivity index (χ3n) is 5.99. The molecule has 1 atom stereocenters. The molecule has 1 aliphatic heterocycles. The first-order chi connectivity index (χ1) is 16.6. The fourth-order valence-corrected chi connectivity index (χ4v) is 4.23. The van der Waals surface area contributed by atoms with Crippen LogP contribution in [0.25, 0.3) is 5.69 Å². The van der Waals surface area contributed by atoms with Crippen LogP contribution in [0.4, 0.5) is 18.9 Å². The smallest absolute Gasteiger partial charge is 0.416 e. The predicted octanol–water partition coefficient (Wildman–Crippen LogP) is 4.19. The summed E-state index contributed by atoms with van der Waals surface area (Å²) < 4.78 is 48.0. The standard InChI is InChI=1S/C25H25F3N4O3/c1-15-10-16(2)32(30-15)20-5-4-17(22(12-20)25(26,27)28)13-29-24(34)18-11-23(33)31(14-18)19-6-8-21(35-3)9-7-19/h4-10,12,18H,11,13-14H2,1-3H3,(H,29,34).